The Hall–Kier alpha value is -2.00. The summed E-state index contributed by atoms with van der Waals surface area (Å²) in [5.41, 5.74) is 11.1. The minimum atomic E-state index is 0.458. The van der Waals surface area contributed by atoms with Crippen LogP contribution in [0.2, 0.25) is 0 Å². The fourth-order valence-electron chi connectivity index (χ4n) is 1.64. The quantitative estimate of drug-likeness (QED) is 0.670. The van der Waals surface area contributed by atoms with Gasteiger partial charge in [0.1, 0.15) is 4.99 Å². The van der Waals surface area contributed by atoms with E-state index in [0.717, 1.165) is 11.3 Å². The molecule has 0 aliphatic rings. The van der Waals surface area contributed by atoms with Gasteiger partial charge in [-0.2, -0.15) is 0 Å². The van der Waals surface area contributed by atoms with Crippen LogP contribution in [-0.2, 0) is 0 Å². The maximum atomic E-state index is 5.40. The lowest BCUT2D eigenvalue weighted by atomic mass is 10.1. The fraction of sp³-hybridized carbons (Fsp3) is 0.222. The molecule has 0 atom stereocenters. The second-order valence-corrected chi connectivity index (χ2v) is 5.35. The van der Waals surface area contributed by atoms with E-state index in [1.54, 1.807) is 0 Å². The lowest BCUT2D eigenvalue weighted by Gasteiger charge is -1.98. The predicted octanol–water partition coefficient (Wildman–Crippen LogP) is 4.06. The highest BCUT2D eigenvalue weighted by molar-refractivity contribution is 7.80. The third kappa shape index (κ3) is 5.88. The normalized spacial score (nSPS) is 10.6. The Morgan fingerprint density at radius 2 is 1.24 bits per heavy atom. The van der Waals surface area contributed by atoms with Crippen molar-refractivity contribution in [3.63, 3.8) is 0 Å². The van der Waals surface area contributed by atoms with Gasteiger partial charge in [-0.25, -0.2) is 0 Å². The first-order valence-electron chi connectivity index (χ1n) is 6.81. The van der Waals surface area contributed by atoms with Crippen molar-refractivity contribution >= 4 is 22.9 Å². The molecule has 0 aliphatic heterocycles. The highest BCUT2D eigenvalue weighted by Gasteiger charge is 1.93. The first-order valence-corrected chi connectivity index (χ1v) is 7.21. The van der Waals surface area contributed by atoms with Crippen LogP contribution in [0, 0.1) is 13.8 Å². The highest BCUT2D eigenvalue weighted by atomic mass is 32.1. The third-order valence-electron chi connectivity index (χ3n) is 3.14. The molecule has 0 aliphatic carbocycles. The summed E-state index contributed by atoms with van der Waals surface area (Å²) in [5, 5.41) is 0. The molecule has 0 amide bonds. The first-order chi connectivity index (χ1) is 9.93. The largest absolute Gasteiger partial charge is 0.389 e. The second-order valence-electron chi connectivity index (χ2n) is 4.91. The van der Waals surface area contributed by atoms with Gasteiger partial charge < -0.3 is 5.73 Å². The third-order valence-corrected chi connectivity index (χ3v) is 3.38. The minimum absolute atomic E-state index is 0.458. The molecule has 2 N–H and O–H groups in total. The number of hydrogen-bond acceptors (Lipinski definition) is 2. The Labute approximate surface area is 132 Å². The highest BCUT2D eigenvalue weighted by Crippen LogP contribution is 2.04. The summed E-state index contributed by atoms with van der Waals surface area (Å²) < 4.78 is 0. The number of nitrogens with zero attached hydrogens (tertiary/aromatic N) is 1. The molecule has 0 saturated heterocycles. The number of hydrogen-bond donors (Lipinski definition) is 1. The zero-order valence-corrected chi connectivity index (χ0v) is 13.9. The summed E-state index contributed by atoms with van der Waals surface area (Å²) in [6.07, 6.45) is 0. The summed E-state index contributed by atoms with van der Waals surface area (Å²) in [4.78, 5) is 4.56. The van der Waals surface area contributed by atoms with Crippen molar-refractivity contribution in [1.29, 1.82) is 0 Å². The first kappa shape index (κ1) is 17.1. The van der Waals surface area contributed by atoms with E-state index in [-0.39, 0.29) is 0 Å². The van der Waals surface area contributed by atoms with E-state index in [1.165, 1.54) is 16.7 Å². The van der Waals surface area contributed by atoms with Crippen molar-refractivity contribution in [1.82, 2.24) is 0 Å². The van der Waals surface area contributed by atoms with Gasteiger partial charge in [0, 0.05) is 18.3 Å². The summed E-state index contributed by atoms with van der Waals surface area (Å²) in [7, 11) is 1.81. The lowest BCUT2D eigenvalue weighted by Crippen LogP contribution is -2.08. The molecule has 3 heteroatoms. The molecule has 0 saturated carbocycles. The van der Waals surface area contributed by atoms with Crippen molar-refractivity contribution in [2.24, 2.45) is 10.7 Å². The molecule has 0 bridgehead atoms. The molecule has 0 unspecified atom stereocenters. The summed E-state index contributed by atoms with van der Waals surface area (Å²) in [6, 6.07) is 16.2. The maximum Gasteiger partial charge on any atom is 0.103 e. The maximum absolute atomic E-state index is 5.40. The standard InChI is InChI=1S/C10H13N.C8H9NS/c1-8-4-6-10(7-5-8)9(2)11-3;1-6-2-4-7(5-3-6)8(9)10/h4-7H,1-3H3;2-5H,1H3,(H2,9,10). The van der Waals surface area contributed by atoms with Crippen molar-refractivity contribution < 1.29 is 0 Å². The Bertz CT molecular complexity index is 611. The molecule has 2 rings (SSSR count). The van der Waals surface area contributed by atoms with E-state index >= 15 is 0 Å². The smallest absolute Gasteiger partial charge is 0.103 e. The van der Waals surface area contributed by atoms with Gasteiger partial charge in [0.2, 0.25) is 0 Å². The van der Waals surface area contributed by atoms with Crippen LogP contribution >= 0.6 is 12.2 Å². The van der Waals surface area contributed by atoms with E-state index in [0.29, 0.717) is 4.99 Å². The Kier molecular flexibility index (Phi) is 6.76. The predicted molar refractivity (Wildman–Crippen MR) is 96.4 cm³/mol. The van der Waals surface area contributed by atoms with Gasteiger partial charge in [-0.15, -0.1) is 0 Å². The molecule has 21 heavy (non-hydrogen) atoms. The van der Waals surface area contributed by atoms with Crippen LogP contribution < -0.4 is 5.73 Å². The summed E-state index contributed by atoms with van der Waals surface area (Å²) in [6.45, 7) is 6.14. The van der Waals surface area contributed by atoms with Gasteiger partial charge in [0.15, 0.2) is 0 Å². The van der Waals surface area contributed by atoms with Gasteiger partial charge in [-0.05, 0) is 26.3 Å². The van der Waals surface area contributed by atoms with Gasteiger partial charge in [-0.3, -0.25) is 4.99 Å². The van der Waals surface area contributed by atoms with Crippen LogP contribution in [-0.4, -0.2) is 17.7 Å². The fourth-order valence-corrected chi connectivity index (χ4v) is 1.78. The molecule has 110 valence electrons. The van der Waals surface area contributed by atoms with Crippen LogP contribution in [0.4, 0.5) is 0 Å². The topological polar surface area (TPSA) is 38.4 Å². The van der Waals surface area contributed by atoms with Crippen LogP contribution in [0.15, 0.2) is 53.5 Å². The Morgan fingerprint density at radius 3 is 1.57 bits per heavy atom. The van der Waals surface area contributed by atoms with Crippen molar-refractivity contribution in [3.05, 3.63) is 70.8 Å². The van der Waals surface area contributed by atoms with Crippen LogP contribution in [0.1, 0.15) is 29.2 Å². The Balaban J connectivity index is 0.000000211. The molecule has 0 aromatic heterocycles. The van der Waals surface area contributed by atoms with Gasteiger partial charge in [0.25, 0.3) is 0 Å². The molecule has 2 nitrogen and oxygen atoms in total. The van der Waals surface area contributed by atoms with Crippen molar-refractivity contribution in [2.75, 3.05) is 7.05 Å². The molecule has 2 aromatic carbocycles. The molecule has 0 radical (unpaired) electrons. The van der Waals surface area contributed by atoms with E-state index in [2.05, 4.69) is 36.2 Å². The van der Waals surface area contributed by atoms with E-state index < -0.39 is 0 Å². The SMILES string of the molecule is CN=C(C)c1ccc(C)cc1.Cc1ccc(C(N)=S)cc1. The molecular formula is C18H22N2S. The van der Waals surface area contributed by atoms with E-state index in [1.807, 2.05) is 45.2 Å². The number of aryl methyl sites for hydroxylation is 2. The van der Waals surface area contributed by atoms with Gasteiger partial charge >= 0.3 is 0 Å². The molecule has 0 spiro atoms. The van der Waals surface area contributed by atoms with Gasteiger partial charge in [0.05, 0.1) is 0 Å². The molecule has 2 aromatic rings. The zero-order chi connectivity index (χ0) is 15.8. The van der Waals surface area contributed by atoms with Crippen molar-refractivity contribution in [2.45, 2.75) is 20.8 Å². The number of nitrogens with two attached hydrogens (primary N) is 1. The lowest BCUT2D eigenvalue weighted by molar-refractivity contribution is 1.39. The van der Waals surface area contributed by atoms with E-state index in [9.17, 15) is 0 Å². The number of thiocarbonyl (C=S) groups is 1. The summed E-state index contributed by atoms with van der Waals surface area (Å²) >= 11 is 4.78. The van der Waals surface area contributed by atoms with Crippen LogP contribution in [0.3, 0.4) is 0 Å². The monoisotopic (exact) mass is 298 g/mol. The molecule has 0 fully saturated rings. The van der Waals surface area contributed by atoms with Crippen LogP contribution in [0.5, 0.6) is 0 Å². The number of benzene rings is 2. The zero-order valence-electron chi connectivity index (χ0n) is 13.1. The average Bonchev–Trinajstić information content (AvgIpc) is 2.48. The number of aliphatic imine (C=N–C) groups is 1. The molecule has 0 heterocycles. The molecular weight excluding hydrogens is 276 g/mol. The van der Waals surface area contributed by atoms with Crippen molar-refractivity contribution in [3.8, 4) is 0 Å². The minimum Gasteiger partial charge on any atom is -0.389 e. The van der Waals surface area contributed by atoms with E-state index in [4.69, 9.17) is 18.0 Å². The summed E-state index contributed by atoms with van der Waals surface area (Å²) in [5.74, 6) is 0. The average molecular weight is 298 g/mol. The van der Waals surface area contributed by atoms with Gasteiger partial charge in [-0.1, -0.05) is 71.9 Å². The Morgan fingerprint density at radius 1 is 0.857 bits per heavy atom. The number of rotatable bonds is 2. The second kappa shape index (κ2) is 8.32. The van der Waals surface area contributed by atoms with Crippen LogP contribution in [0.25, 0.3) is 0 Å².